The predicted octanol–water partition coefficient (Wildman–Crippen LogP) is 2.68. The van der Waals surface area contributed by atoms with E-state index in [9.17, 15) is 0 Å². The quantitative estimate of drug-likeness (QED) is 0.383. The van der Waals surface area contributed by atoms with Crippen LogP contribution in [-0.2, 0) is 6.61 Å². The van der Waals surface area contributed by atoms with Crippen LogP contribution in [-0.4, -0.2) is 18.2 Å². The van der Waals surface area contributed by atoms with Crippen LogP contribution in [0.4, 0.5) is 0 Å². The smallest absolute Gasteiger partial charge is 0.173 e. The van der Waals surface area contributed by atoms with Gasteiger partial charge < -0.3 is 20.4 Å². The number of benzene rings is 2. The lowest BCUT2D eigenvalue weighted by atomic mass is 10.1. The van der Waals surface area contributed by atoms with E-state index in [0.717, 1.165) is 16.9 Å². The molecule has 110 valence electrons. The van der Waals surface area contributed by atoms with Crippen LogP contribution in [0.5, 0.6) is 11.5 Å². The van der Waals surface area contributed by atoms with Gasteiger partial charge in [-0.1, -0.05) is 23.4 Å². The number of oxime groups is 1. The maximum atomic E-state index is 8.82. The summed E-state index contributed by atoms with van der Waals surface area (Å²) in [5.41, 5.74) is 8.26. The Balaban J connectivity index is 2.16. The van der Waals surface area contributed by atoms with Crippen LogP contribution in [0.15, 0.2) is 47.6 Å². The Morgan fingerprint density at radius 1 is 1.19 bits per heavy atom. The van der Waals surface area contributed by atoms with Gasteiger partial charge in [0.05, 0.1) is 12.7 Å². The summed E-state index contributed by atoms with van der Waals surface area (Å²) in [6, 6.07) is 13.1. The normalized spacial score (nSPS) is 11.2. The van der Waals surface area contributed by atoms with Gasteiger partial charge in [0.2, 0.25) is 0 Å². The van der Waals surface area contributed by atoms with Gasteiger partial charge in [0.25, 0.3) is 0 Å². The number of aryl methyl sites for hydroxylation is 1. The molecule has 0 saturated carbocycles. The minimum Gasteiger partial charge on any atom is -0.497 e. The largest absolute Gasteiger partial charge is 0.497 e. The Kier molecular flexibility index (Phi) is 4.66. The van der Waals surface area contributed by atoms with Gasteiger partial charge in [0.15, 0.2) is 5.84 Å². The maximum absolute atomic E-state index is 8.82. The van der Waals surface area contributed by atoms with Crippen molar-refractivity contribution in [2.75, 3.05) is 7.11 Å². The minimum atomic E-state index is 0.0275. The van der Waals surface area contributed by atoms with Gasteiger partial charge in [0.1, 0.15) is 18.1 Å². The van der Waals surface area contributed by atoms with E-state index in [1.165, 1.54) is 0 Å². The van der Waals surface area contributed by atoms with Crippen LogP contribution in [0.1, 0.15) is 16.7 Å². The third kappa shape index (κ3) is 3.66. The fraction of sp³-hybridized carbons (Fsp3) is 0.188. The molecular weight excluding hydrogens is 268 g/mol. The summed E-state index contributed by atoms with van der Waals surface area (Å²) in [6.45, 7) is 2.34. The van der Waals surface area contributed by atoms with Crippen LogP contribution < -0.4 is 15.2 Å². The van der Waals surface area contributed by atoms with Crippen molar-refractivity contribution in [2.45, 2.75) is 13.5 Å². The summed E-state index contributed by atoms with van der Waals surface area (Å²) < 4.78 is 10.9. The van der Waals surface area contributed by atoms with E-state index in [-0.39, 0.29) is 5.84 Å². The van der Waals surface area contributed by atoms with Gasteiger partial charge in [-0.3, -0.25) is 0 Å². The standard InChI is InChI=1S/C16H18N2O3/c1-11-3-8-14(16(17)18-19)15(9-11)21-10-12-4-6-13(20-2)7-5-12/h3-9,19H,10H2,1-2H3,(H2,17,18). The van der Waals surface area contributed by atoms with E-state index >= 15 is 0 Å². The molecule has 0 atom stereocenters. The molecule has 0 radical (unpaired) electrons. The second-order valence-electron chi connectivity index (χ2n) is 4.62. The summed E-state index contributed by atoms with van der Waals surface area (Å²) in [7, 11) is 1.63. The highest BCUT2D eigenvalue weighted by molar-refractivity contribution is 5.99. The SMILES string of the molecule is COc1ccc(COc2cc(C)ccc2C(N)=NO)cc1. The van der Waals surface area contributed by atoms with Crippen LogP contribution in [0.2, 0.25) is 0 Å². The number of methoxy groups -OCH3 is 1. The van der Waals surface area contributed by atoms with E-state index in [0.29, 0.717) is 17.9 Å². The molecular formula is C16H18N2O3. The molecule has 0 aromatic heterocycles. The molecule has 0 spiro atoms. The average molecular weight is 286 g/mol. The van der Waals surface area contributed by atoms with Crippen LogP contribution >= 0.6 is 0 Å². The fourth-order valence-electron chi connectivity index (χ4n) is 1.90. The lowest BCUT2D eigenvalue weighted by Gasteiger charge is -2.12. The molecule has 0 bridgehead atoms. The first-order chi connectivity index (χ1) is 10.1. The molecule has 0 aliphatic rings. The third-order valence-electron chi connectivity index (χ3n) is 3.07. The summed E-state index contributed by atoms with van der Waals surface area (Å²) in [4.78, 5) is 0. The molecule has 0 aliphatic carbocycles. The molecule has 0 heterocycles. The molecule has 5 heteroatoms. The highest BCUT2D eigenvalue weighted by atomic mass is 16.5. The molecule has 3 N–H and O–H groups in total. The zero-order valence-corrected chi connectivity index (χ0v) is 12.0. The van der Waals surface area contributed by atoms with Crippen molar-refractivity contribution in [3.63, 3.8) is 0 Å². The average Bonchev–Trinajstić information content (AvgIpc) is 2.52. The molecule has 2 rings (SSSR count). The molecule has 0 aliphatic heterocycles. The lowest BCUT2D eigenvalue weighted by Crippen LogP contribution is -2.15. The van der Waals surface area contributed by atoms with Crippen molar-refractivity contribution >= 4 is 5.84 Å². The van der Waals surface area contributed by atoms with Crippen LogP contribution in [0, 0.1) is 6.92 Å². The van der Waals surface area contributed by atoms with Gasteiger partial charge in [-0.15, -0.1) is 0 Å². The lowest BCUT2D eigenvalue weighted by molar-refractivity contribution is 0.303. The second-order valence-corrected chi connectivity index (χ2v) is 4.62. The van der Waals surface area contributed by atoms with Crippen molar-refractivity contribution in [3.8, 4) is 11.5 Å². The first-order valence-electron chi connectivity index (χ1n) is 6.48. The maximum Gasteiger partial charge on any atom is 0.173 e. The second kappa shape index (κ2) is 6.65. The van der Waals surface area contributed by atoms with E-state index in [1.807, 2.05) is 43.3 Å². The summed E-state index contributed by atoms with van der Waals surface area (Å²) in [6.07, 6.45) is 0. The highest BCUT2D eigenvalue weighted by Crippen LogP contribution is 2.22. The van der Waals surface area contributed by atoms with E-state index in [2.05, 4.69) is 5.16 Å². The van der Waals surface area contributed by atoms with Gasteiger partial charge in [-0.25, -0.2) is 0 Å². The van der Waals surface area contributed by atoms with Crippen molar-refractivity contribution in [2.24, 2.45) is 10.9 Å². The number of ether oxygens (including phenoxy) is 2. The Labute approximate surface area is 123 Å². The minimum absolute atomic E-state index is 0.0275. The monoisotopic (exact) mass is 286 g/mol. The number of amidine groups is 1. The Hall–Kier alpha value is -2.69. The fourth-order valence-corrected chi connectivity index (χ4v) is 1.90. The highest BCUT2D eigenvalue weighted by Gasteiger charge is 2.09. The van der Waals surface area contributed by atoms with Crippen molar-refractivity contribution in [3.05, 3.63) is 59.2 Å². The van der Waals surface area contributed by atoms with Crippen molar-refractivity contribution in [1.82, 2.24) is 0 Å². The van der Waals surface area contributed by atoms with Crippen molar-refractivity contribution in [1.29, 1.82) is 0 Å². The molecule has 0 fully saturated rings. The number of hydrogen-bond acceptors (Lipinski definition) is 4. The number of nitrogens with zero attached hydrogens (tertiary/aromatic N) is 1. The van der Waals surface area contributed by atoms with E-state index in [1.54, 1.807) is 13.2 Å². The van der Waals surface area contributed by atoms with E-state index < -0.39 is 0 Å². The predicted molar refractivity (Wildman–Crippen MR) is 81.0 cm³/mol. The number of rotatable bonds is 5. The molecule has 0 amide bonds. The molecule has 0 unspecified atom stereocenters. The zero-order valence-electron chi connectivity index (χ0n) is 12.0. The Morgan fingerprint density at radius 3 is 2.52 bits per heavy atom. The van der Waals surface area contributed by atoms with E-state index in [4.69, 9.17) is 20.4 Å². The molecule has 2 aromatic rings. The van der Waals surface area contributed by atoms with Gasteiger partial charge in [-0.05, 0) is 42.3 Å². The first kappa shape index (κ1) is 14.7. The summed E-state index contributed by atoms with van der Waals surface area (Å²) in [5.74, 6) is 1.41. The number of hydrogen-bond donors (Lipinski definition) is 2. The molecule has 5 nitrogen and oxygen atoms in total. The topological polar surface area (TPSA) is 77.1 Å². The van der Waals surface area contributed by atoms with Crippen molar-refractivity contribution < 1.29 is 14.7 Å². The first-order valence-corrected chi connectivity index (χ1v) is 6.48. The Bertz CT molecular complexity index is 636. The van der Waals surface area contributed by atoms with Crippen LogP contribution in [0.25, 0.3) is 0 Å². The summed E-state index contributed by atoms with van der Waals surface area (Å²) >= 11 is 0. The molecule has 21 heavy (non-hydrogen) atoms. The van der Waals surface area contributed by atoms with Crippen LogP contribution in [0.3, 0.4) is 0 Å². The molecule has 2 aromatic carbocycles. The van der Waals surface area contributed by atoms with Gasteiger partial charge in [0, 0.05) is 0 Å². The van der Waals surface area contributed by atoms with Gasteiger partial charge >= 0.3 is 0 Å². The van der Waals surface area contributed by atoms with Gasteiger partial charge in [-0.2, -0.15) is 0 Å². The zero-order chi connectivity index (χ0) is 15.2. The third-order valence-corrected chi connectivity index (χ3v) is 3.07. The molecule has 0 saturated heterocycles. The Morgan fingerprint density at radius 2 is 1.90 bits per heavy atom. The summed E-state index contributed by atoms with van der Waals surface area (Å²) in [5, 5.41) is 11.8. The number of nitrogens with two attached hydrogens (primary N) is 1.